The molecular formula is C11H15N3OS. The maximum absolute atomic E-state index is 11.0. The van der Waals surface area contributed by atoms with Crippen molar-refractivity contribution in [2.24, 2.45) is 0 Å². The maximum Gasteiger partial charge on any atom is 0.142 e. The second-order valence-corrected chi connectivity index (χ2v) is 4.64. The highest BCUT2D eigenvalue weighted by Crippen LogP contribution is 2.24. The second-order valence-electron chi connectivity index (χ2n) is 3.81. The molecule has 5 heteroatoms. The van der Waals surface area contributed by atoms with Crippen molar-refractivity contribution in [2.45, 2.75) is 30.3 Å². The van der Waals surface area contributed by atoms with Crippen LogP contribution in [0.5, 0.6) is 0 Å². The van der Waals surface area contributed by atoms with Crippen LogP contribution >= 0.6 is 11.8 Å². The van der Waals surface area contributed by atoms with E-state index >= 15 is 0 Å². The Morgan fingerprint density at radius 2 is 2.38 bits per heavy atom. The van der Waals surface area contributed by atoms with E-state index in [1.165, 1.54) is 0 Å². The van der Waals surface area contributed by atoms with Crippen LogP contribution in [0.15, 0.2) is 17.4 Å². The van der Waals surface area contributed by atoms with E-state index in [1.807, 2.05) is 12.3 Å². The summed E-state index contributed by atoms with van der Waals surface area (Å²) in [6, 6.07) is 1.94. The summed E-state index contributed by atoms with van der Waals surface area (Å²) in [5.74, 6) is 0.871. The van der Waals surface area contributed by atoms with Crippen LogP contribution in [-0.4, -0.2) is 35.1 Å². The van der Waals surface area contributed by atoms with Gasteiger partial charge in [-0.3, -0.25) is 0 Å². The van der Waals surface area contributed by atoms with Crippen molar-refractivity contribution < 1.29 is 4.79 Å². The minimum atomic E-state index is -0.0154. The van der Waals surface area contributed by atoms with Gasteiger partial charge in [0.2, 0.25) is 0 Å². The van der Waals surface area contributed by atoms with Gasteiger partial charge in [0.1, 0.15) is 23.5 Å². The molecule has 0 spiro atoms. The van der Waals surface area contributed by atoms with E-state index in [0.29, 0.717) is 0 Å². The summed E-state index contributed by atoms with van der Waals surface area (Å²) in [4.78, 5) is 21.5. The molecule has 0 N–H and O–H groups in total. The fraction of sp³-hybridized carbons (Fsp3) is 0.545. The molecule has 0 saturated carbocycles. The Bertz CT molecular complexity index is 372. The lowest BCUT2D eigenvalue weighted by molar-refractivity contribution is -0.109. The Kier molecular flexibility index (Phi) is 3.77. The van der Waals surface area contributed by atoms with Crippen LogP contribution in [0.1, 0.15) is 19.3 Å². The Labute approximate surface area is 99.5 Å². The Morgan fingerprint density at radius 3 is 3.12 bits per heavy atom. The molecule has 1 aliphatic heterocycles. The highest BCUT2D eigenvalue weighted by Gasteiger charge is 2.23. The van der Waals surface area contributed by atoms with Crippen LogP contribution < -0.4 is 4.90 Å². The topological polar surface area (TPSA) is 46.1 Å². The number of carbonyl (C=O) groups excluding carboxylic acids is 1. The zero-order chi connectivity index (χ0) is 11.4. The summed E-state index contributed by atoms with van der Waals surface area (Å²) in [7, 11) is 0. The molecule has 0 aliphatic carbocycles. The first kappa shape index (κ1) is 11.4. The van der Waals surface area contributed by atoms with Gasteiger partial charge >= 0.3 is 0 Å². The van der Waals surface area contributed by atoms with E-state index in [1.54, 1.807) is 18.1 Å². The van der Waals surface area contributed by atoms with Crippen molar-refractivity contribution in [1.82, 2.24) is 9.97 Å². The van der Waals surface area contributed by atoms with Crippen molar-refractivity contribution in [1.29, 1.82) is 0 Å². The Morgan fingerprint density at radius 1 is 1.50 bits per heavy atom. The monoisotopic (exact) mass is 237 g/mol. The van der Waals surface area contributed by atoms with Crippen molar-refractivity contribution in [3.63, 3.8) is 0 Å². The Balaban J connectivity index is 2.23. The number of piperidine rings is 1. The fourth-order valence-electron chi connectivity index (χ4n) is 1.98. The average molecular weight is 237 g/mol. The van der Waals surface area contributed by atoms with Gasteiger partial charge in [-0.15, -0.1) is 11.8 Å². The molecule has 0 radical (unpaired) electrons. The van der Waals surface area contributed by atoms with Gasteiger partial charge in [0.25, 0.3) is 0 Å². The highest BCUT2D eigenvalue weighted by atomic mass is 32.2. The number of nitrogens with zero attached hydrogens (tertiary/aromatic N) is 3. The predicted octanol–water partition coefficient (Wildman–Crippen LogP) is 1.76. The minimum Gasteiger partial charge on any atom is -0.347 e. The Hall–Kier alpha value is -1.10. The maximum atomic E-state index is 11.0. The summed E-state index contributed by atoms with van der Waals surface area (Å²) in [5, 5.41) is 0.945. The number of rotatable bonds is 3. The first-order valence-electron chi connectivity index (χ1n) is 5.43. The smallest absolute Gasteiger partial charge is 0.142 e. The van der Waals surface area contributed by atoms with Crippen LogP contribution in [-0.2, 0) is 4.79 Å². The summed E-state index contributed by atoms with van der Waals surface area (Å²) in [5.41, 5.74) is 0. The molecule has 1 unspecified atom stereocenters. The van der Waals surface area contributed by atoms with E-state index in [-0.39, 0.29) is 6.04 Å². The van der Waals surface area contributed by atoms with Crippen LogP contribution in [0.2, 0.25) is 0 Å². The zero-order valence-electron chi connectivity index (χ0n) is 9.30. The van der Waals surface area contributed by atoms with Crippen LogP contribution in [0.3, 0.4) is 0 Å². The lowest BCUT2D eigenvalue weighted by Gasteiger charge is -2.33. The van der Waals surface area contributed by atoms with Crippen LogP contribution in [0.25, 0.3) is 0 Å². The van der Waals surface area contributed by atoms with Crippen molar-refractivity contribution in [2.75, 3.05) is 17.7 Å². The van der Waals surface area contributed by atoms with Crippen LogP contribution in [0, 0.1) is 0 Å². The average Bonchev–Trinajstić information content (AvgIpc) is 2.38. The molecular weight excluding hydrogens is 222 g/mol. The van der Waals surface area contributed by atoms with Crippen molar-refractivity contribution >= 4 is 23.9 Å². The number of hydrogen-bond donors (Lipinski definition) is 0. The largest absolute Gasteiger partial charge is 0.347 e. The summed E-state index contributed by atoms with van der Waals surface area (Å²) in [6.45, 7) is 0.911. The molecule has 1 aliphatic rings. The molecule has 2 rings (SSSR count). The molecule has 1 saturated heterocycles. The minimum absolute atomic E-state index is 0.0154. The zero-order valence-corrected chi connectivity index (χ0v) is 10.1. The van der Waals surface area contributed by atoms with Crippen molar-refractivity contribution in [3.05, 3.63) is 12.4 Å². The normalized spacial score (nSPS) is 20.8. The number of aldehydes is 1. The van der Waals surface area contributed by atoms with Gasteiger partial charge in [-0.05, 0) is 25.5 Å². The number of thioether (sulfide) groups is 1. The number of anilines is 1. The number of carbonyl (C=O) groups is 1. The number of aromatic nitrogens is 2. The molecule has 0 bridgehead atoms. The van der Waals surface area contributed by atoms with Gasteiger partial charge in [0, 0.05) is 12.6 Å². The molecule has 1 aromatic heterocycles. The summed E-state index contributed by atoms with van der Waals surface area (Å²) >= 11 is 1.59. The molecule has 1 fully saturated rings. The molecule has 1 atom stereocenters. The van der Waals surface area contributed by atoms with Gasteiger partial charge < -0.3 is 9.69 Å². The molecule has 1 aromatic rings. The van der Waals surface area contributed by atoms with E-state index in [9.17, 15) is 4.79 Å². The highest BCUT2D eigenvalue weighted by molar-refractivity contribution is 7.98. The second kappa shape index (κ2) is 5.30. The lowest BCUT2D eigenvalue weighted by atomic mass is 10.0. The van der Waals surface area contributed by atoms with E-state index in [4.69, 9.17) is 0 Å². The fourth-order valence-corrected chi connectivity index (χ4v) is 2.36. The van der Waals surface area contributed by atoms with E-state index < -0.39 is 0 Å². The van der Waals surface area contributed by atoms with E-state index in [0.717, 1.165) is 42.9 Å². The van der Waals surface area contributed by atoms with Gasteiger partial charge in [-0.2, -0.15) is 0 Å². The summed E-state index contributed by atoms with van der Waals surface area (Å²) in [6.07, 6.45) is 7.77. The predicted molar refractivity (Wildman–Crippen MR) is 64.9 cm³/mol. The van der Waals surface area contributed by atoms with E-state index in [2.05, 4.69) is 14.9 Å². The third-order valence-corrected chi connectivity index (χ3v) is 3.48. The van der Waals surface area contributed by atoms with Gasteiger partial charge in [-0.1, -0.05) is 0 Å². The van der Waals surface area contributed by atoms with Gasteiger partial charge in [0.15, 0.2) is 0 Å². The molecule has 0 aromatic carbocycles. The number of hydrogen-bond acceptors (Lipinski definition) is 5. The lowest BCUT2D eigenvalue weighted by Crippen LogP contribution is -2.41. The standard InChI is InChI=1S/C11H15N3OS/c1-16-11-6-10(12-8-13-11)14-5-3-2-4-9(14)7-15/h6-9H,2-5H2,1H3. The van der Waals surface area contributed by atoms with Crippen molar-refractivity contribution in [3.8, 4) is 0 Å². The SMILES string of the molecule is CSc1cc(N2CCCCC2C=O)ncn1. The third-order valence-electron chi connectivity index (χ3n) is 2.84. The third kappa shape index (κ3) is 2.35. The molecule has 16 heavy (non-hydrogen) atoms. The van der Waals surface area contributed by atoms with Gasteiger partial charge in [0.05, 0.1) is 6.04 Å². The van der Waals surface area contributed by atoms with Gasteiger partial charge in [-0.25, -0.2) is 9.97 Å². The summed E-state index contributed by atoms with van der Waals surface area (Å²) < 4.78 is 0. The quantitative estimate of drug-likeness (QED) is 0.455. The first-order chi connectivity index (χ1) is 7.85. The molecule has 2 heterocycles. The molecule has 86 valence electrons. The molecule has 0 amide bonds. The molecule has 4 nitrogen and oxygen atoms in total. The van der Waals surface area contributed by atoms with Crippen LogP contribution in [0.4, 0.5) is 5.82 Å². The first-order valence-corrected chi connectivity index (χ1v) is 6.65.